The van der Waals surface area contributed by atoms with Gasteiger partial charge in [0, 0.05) is 39.4 Å². The van der Waals surface area contributed by atoms with Crippen molar-refractivity contribution in [2.75, 3.05) is 27.3 Å². The fourth-order valence-electron chi connectivity index (χ4n) is 1.50. The van der Waals surface area contributed by atoms with Gasteiger partial charge in [0.15, 0.2) is 5.96 Å². The molecule has 1 aromatic rings. The summed E-state index contributed by atoms with van der Waals surface area (Å²) in [4.78, 5) is 3.99. The minimum Gasteiger partial charge on any atom is -0.385 e. The second kappa shape index (κ2) is 8.42. The van der Waals surface area contributed by atoms with E-state index in [2.05, 4.69) is 15.6 Å². The van der Waals surface area contributed by atoms with E-state index in [9.17, 15) is 8.78 Å². The number of halogens is 2. The van der Waals surface area contributed by atoms with E-state index in [1.54, 1.807) is 14.2 Å². The number of nitrogens with one attached hydrogen (secondary N) is 2. The van der Waals surface area contributed by atoms with E-state index in [1.165, 1.54) is 6.07 Å². The average molecular weight is 271 g/mol. The molecule has 6 heteroatoms. The highest BCUT2D eigenvalue weighted by atomic mass is 19.1. The summed E-state index contributed by atoms with van der Waals surface area (Å²) >= 11 is 0. The Kier molecular flexibility index (Phi) is 6.81. The molecular weight excluding hydrogens is 252 g/mol. The summed E-state index contributed by atoms with van der Waals surface area (Å²) in [5, 5.41) is 5.97. The Morgan fingerprint density at radius 2 is 2.11 bits per heavy atom. The number of rotatable bonds is 6. The molecule has 0 heterocycles. The van der Waals surface area contributed by atoms with Crippen molar-refractivity contribution in [2.24, 2.45) is 4.99 Å². The van der Waals surface area contributed by atoms with Crippen molar-refractivity contribution in [3.8, 4) is 0 Å². The zero-order valence-electron chi connectivity index (χ0n) is 11.2. The van der Waals surface area contributed by atoms with Gasteiger partial charge in [-0.1, -0.05) is 0 Å². The standard InChI is InChI=1S/C13H19F2N3O/c1-16-13(17-6-3-7-19-2)18-9-10-8-11(14)4-5-12(10)15/h4-5,8H,3,6-7,9H2,1-2H3,(H2,16,17,18). The molecule has 0 aliphatic rings. The first-order valence-corrected chi connectivity index (χ1v) is 6.04. The molecule has 0 fully saturated rings. The van der Waals surface area contributed by atoms with E-state index in [-0.39, 0.29) is 12.1 Å². The van der Waals surface area contributed by atoms with Gasteiger partial charge in [-0.15, -0.1) is 0 Å². The molecule has 4 nitrogen and oxygen atoms in total. The fourth-order valence-corrected chi connectivity index (χ4v) is 1.50. The van der Waals surface area contributed by atoms with Gasteiger partial charge in [0.2, 0.25) is 0 Å². The number of nitrogens with zero attached hydrogens (tertiary/aromatic N) is 1. The maximum Gasteiger partial charge on any atom is 0.191 e. The van der Waals surface area contributed by atoms with Crippen LogP contribution in [0.2, 0.25) is 0 Å². The summed E-state index contributed by atoms with van der Waals surface area (Å²) in [6.07, 6.45) is 0.839. The molecule has 0 aliphatic carbocycles. The van der Waals surface area contributed by atoms with E-state index < -0.39 is 11.6 Å². The van der Waals surface area contributed by atoms with Gasteiger partial charge in [-0.25, -0.2) is 8.78 Å². The van der Waals surface area contributed by atoms with E-state index in [4.69, 9.17) is 4.74 Å². The highest BCUT2D eigenvalue weighted by Crippen LogP contribution is 2.08. The molecule has 0 saturated heterocycles. The van der Waals surface area contributed by atoms with Gasteiger partial charge >= 0.3 is 0 Å². The second-order valence-corrected chi connectivity index (χ2v) is 3.93. The summed E-state index contributed by atoms with van der Waals surface area (Å²) in [5.74, 6) is -0.357. The van der Waals surface area contributed by atoms with Gasteiger partial charge in [-0.05, 0) is 24.6 Å². The van der Waals surface area contributed by atoms with Crippen LogP contribution in [0.4, 0.5) is 8.78 Å². The molecule has 0 unspecified atom stereocenters. The van der Waals surface area contributed by atoms with Gasteiger partial charge in [-0.3, -0.25) is 4.99 Å². The van der Waals surface area contributed by atoms with Crippen molar-refractivity contribution in [2.45, 2.75) is 13.0 Å². The van der Waals surface area contributed by atoms with E-state index in [1.807, 2.05) is 0 Å². The number of aliphatic imine (C=N–C) groups is 1. The molecular formula is C13H19F2N3O. The Morgan fingerprint density at radius 3 is 2.79 bits per heavy atom. The third kappa shape index (κ3) is 5.65. The molecule has 1 rings (SSSR count). The van der Waals surface area contributed by atoms with Gasteiger partial charge in [0.25, 0.3) is 0 Å². The number of hydrogen-bond acceptors (Lipinski definition) is 2. The van der Waals surface area contributed by atoms with Crippen LogP contribution in [0.5, 0.6) is 0 Å². The van der Waals surface area contributed by atoms with E-state index in [0.717, 1.165) is 18.6 Å². The summed E-state index contributed by atoms with van der Waals surface area (Å²) < 4.78 is 31.3. The number of hydrogen-bond donors (Lipinski definition) is 2. The lowest BCUT2D eigenvalue weighted by atomic mass is 10.2. The Morgan fingerprint density at radius 1 is 1.32 bits per heavy atom. The van der Waals surface area contributed by atoms with E-state index in [0.29, 0.717) is 19.1 Å². The lowest BCUT2D eigenvalue weighted by Crippen LogP contribution is -2.37. The van der Waals surface area contributed by atoms with Crippen molar-refractivity contribution in [1.82, 2.24) is 10.6 Å². The smallest absolute Gasteiger partial charge is 0.191 e. The molecule has 2 N–H and O–H groups in total. The van der Waals surface area contributed by atoms with Crippen LogP contribution in [0, 0.1) is 11.6 Å². The van der Waals surface area contributed by atoms with Crippen LogP contribution in [0.25, 0.3) is 0 Å². The first-order chi connectivity index (χ1) is 9.17. The Hall–Kier alpha value is -1.69. The largest absolute Gasteiger partial charge is 0.385 e. The normalized spacial score (nSPS) is 11.5. The first kappa shape index (κ1) is 15.4. The molecule has 0 aromatic heterocycles. The number of ether oxygens (including phenoxy) is 1. The molecule has 0 bridgehead atoms. The molecule has 0 spiro atoms. The highest BCUT2D eigenvalue weighted by Gasteiger charge is 2.04. The van der Waals surface area contributed by atoms with Crippen LogP contribution in [0.15, 0.2) is 23.2 Å². The Labute approximate surface area is 111 Å². The van der Waals surface area contributed by atoms with E-state index >= 15 is 0 Å². The topological polar surface area (TPSA) is 45.7 Å². The van der Waals surface area contributed by atoms with Crippen molar-refractivity contribution in [1.29, 1.82) is 0 Å². The molecule has 0 aliphatic heterocycles. The monoisotopic (exact) mass is 271 g/mol. The van der Waals surface area contributed by atoms with Crippen LogP contribution < -0.4 is 10.6 Å². The average Bonchev–Trinajstić information content (AvgIpc) is 2.41. The summed E-state index contributed by atoms with van der Waals surface area (Å²) in [7, 11) is 3.26. The lowest BCUT2D eigenvalue weighted by molar-refractivity contribution is 0.195. The number of methoxy groups -OCH3 is 1. The van der Waals surface area contributed by atoms with Crippen molar-refractivity contribution in [3.05, 3.63) is 35.4 Å². The highest BCUT2D eigenvalue weighted by molar-refractivity contribution is 5.79. The van der Waals surface area contributed by atoms with Crippen LogP contribution in [-0.2, 0) is 11.3 Å². The maximum absolute atomic E-state index is 13.4. The second-order valence-electron chi connectivity index (χ2n) is 3.93. The summed E-state index contributed by atoms with van der Waals surface area (Å²) in [6.45, 7) is 1.52. The van der Waals surface area contributed by atoms with Crippen molar-refractivity contribution in [3.63, 3.8) is 0 Å². The zero-order valence-corrected chi connectivity index (χ0v) is 11.2. The molecule has 0 radical (unpaired) electrons. The minimum absolute atomic E-state index is 0.174. The fraction of sp³-hybridized carbons (Fsp3) is 0.462. The third-order valence-corrected chi connectivity index (χ3v) is 2.50. The Bertz CT molecular complexity index is 424. The van der Waals surface area contributed by atoms with Crippen LogP contribution in [-0.4, -0.2) is 33.3 Å². The van der Waals surface area contributed by atoms with Crippen molar-refractivity contribution < 1.29 is 13.5 Å². The molecule has 1 aromatic carbocycles. The predicted octanol–water partition coefficient (Wildman–Crippen LogP) is 1.67. The lowest BCUT2D eigenvalue weighted by Gasteiger charge is -2.12. The molecule has 0 saturated carbocycles. The summed E-state index contributed by atoms with van der Waals surface area (Å²) in [6, 6.07) is 3.37. The van der Waals surface area contributed by atoms with Crippen LogP contribution >= 0.6 is 0 Å². The van der Waals surface area contributed by atoms with Gasteiger partial charge in [0.1, 0.15) is 11.6 Å². The van der Waals surface area contributed by atoms with Crippen LogP contribution in [0.1, 0.15) is 12.0 Å². The third-order valence-electron chi connectivity index (χ3n) is 2.50. The predicted molar refractivity (Wildman–Crippen MR) is 71.1 cm³/mol. The summed E-state index contributed by atoms with van der Waals surface area (Å²) in [5.41, 5.74) is 0.264. The van der Waals surface area contributed by atoms with Crippen LogP contribution in [0.3, 0.4) is 0 Å². The first-order valence-electron chi connectivity index (χ1n) is 6.04. The molecule has 106 valence electrons. The molecule has 0 amide bonds. The minimum atomic E-state index is -0.457. The van der Waals surface area contributed by atoms with Gasteiger partial charge < -0.3 is 15.4 Å². The quantitative estimate of drug-likeness (QED) is 0.470. The van der Waals surface area contributed by atoms with Crippen molar-refractivity contribution >= 4 is 5.96 Å². The SMILES string of the molecule is CN=C(NCCCOC)NCc1cc(F)ccc1F. The van der Waals surface area contributed by atoms with Gasteiger partial charge in [0.05, 0.1) is 0 Å². The Balaban J connectivity index is 2.42. The maximum atomic E-state index is 13.4. The molecule has 0 atom stereocenters. The van der Waals surface area contributed by atoms with Gasteiger partial charge in [-0.2, -0.15) is 0 Å². The zero-order chi connectivity index (χ0) is 14.1. The number of benzene rings is 1. The number of guanidine groups is 1. The molecule has 19 heavy (non-hydrogen) atoms.